The van der Waals surface area contributed by atoms with Crippen LogP contribution in [0.25, 0.3) is 0 Å². The largest absolute Gasteiger partial charge is 0.374 e. The molecule has 1 aliphatic heterocycles. The molecule has 3 nitrogen and oxygen atoms in total. The fourth-order valence-electron chi connectivity index (χ4n) is 2.02. The summed E-state index contributed by atoms with van der Waals surface area (Å²) in [6.07, 6.45) is 5.13. The van der Waals surface area contributed by atoms with E-state index in [1.165, 1.54) is 25.8 Å². The van der Waals surface area contributed by atoms with Crippen molar-refractivity contribution in [3.05, 3.63) is 16.1 Å². The average Bonchev–Trinajstić information content (AvgIpc) is 2.72. The molecule has 1 saturated heterocycles. The summed E-state index contributed by atoms with van der Waals surface area (Å²) in [5.74, 6) is 0. The van der Waals surface area contributed by atoms with Gasteiger partial charge in [-0.05, 0) is 32.7 Å². The van der Waals surface area contributed by atoms with Gasteiger partial charge in [0.05, 0.1) is 6.61 Å². The van der Waals surface area contributed by atoms with Crippen molar-refractivity contribution in [2.75, 3.05) is 13.2 Å². The zero-order chi connectivity index (χ0) is 11.2. The highest BCUT2D eigenvalue weighted by molar-refractivity contribution is 7.09. The van der Waals surface area contributed by atoms with Crippen molar-refractivity contribution in [1.82, 2.24) is 10.3 Å². The Kier molecular flexibility index (Phi) is 4.75. The predicted octanol–water partition coefficient (Wildman–Crippen LogP) is 2.50. The number of hydrogen-bond acceptors (Lipinski definition) is 4. The lowest BCUT2D eigenvalue weighted by molar-refractivity contribution is 0.108. The molecule has 0 spiro atoms. The Bertz CT molecular complexity index is 308. The minimum atomic E-state index is 0.672. The van der Waals surface area contributed by atoms with Crippen molar-refractivity contribution in [3.63, 3.8) is 0 Å². The predicted molar refractivity (Wildman–Crippen MR) is 66.8 cm³/mol. The third-order valence-electron chi connectivity index (χ3n) is 2.92. The molecule has 16 heavy (non-hydrogen) atoms. The molecule has 0 bridgehead atoms. The minimum absolute atomic E-state index is 0.672. The Morgan fingerprint density at radius 2 is 2.50 bits per heavy atom. The van der Waals surface area contributed by atoms with Gasteiger partial charge < -0.3 is 10.1 Å². The third-order valence-corrected chi connectivity index (χ3v) is 3.86. The summed E-state index contributed by atoms with van der Waals surface area (Å²) in [4.78, 5) is 4.37. The van der Waals surface area contributed by atoms with Gasteiger partial charge in [0.15, 0.2) is 0 Å². The van der Waals surface area contributed by atoms with Crippen LogP contribution in [0, 0.1) is 6.92 Å². The van der Waals surface area contributed by atoms with Crippen LogP contribution in [0.5, 0.6) is 0 Å². The lowest BCUT2D eigenvalue weighted by atomic mass is 10.0. The topological polar surface area (TPSA) is 34.1 Å². The van der Waals surface area contributed by atoms with Gasteiger partial charge >= 0.3 is 0 Å². The minimum Gasteiger partial charge on any atom is -0.374 e. The van der Waals surface area contributed by atoms with Crippen LogP contribution in [0.2, 0.25) is 0 Å². The van der Waals surface area contributed by atoms with E-state index >= 15 is 0 Å². The summed E-state index contributed by atoms with van der Waals surface area (Å²) in [5.41, 5.74) is 1.09. The first-order chi connectivity index (χ1) is 7.84. The Balaban J connectivity index is 1.57. The fourth-order valence-corrected chi connectivity index (χ4v) is 2.73. The van der Waals surface area contributed by atoms with E-state index in [1.807, 2.05) is 6.92 Å². The van der Waals surface area contributed by atoms with Crippen LogP contribution in [0.4, 0.5) is 0 Å². The number of piperidine rings is 1. The van der Waals surface area contributed by atoms with Gasteiger partial charge in [-0.15, -0.1) is 11.3 Å². The van der Waals surface area contributed by atoms with Crippen LogP contribution >= 0.6 is 11.3 Å². The van der Waals surface area contributed by atoms with Crippen molar-refractivity contribution < 1.29 is 4.74 Å². The number of rotatable bonds is 5. The quantitative estimate of drug-likeness (QED) is 0.803. The van der Waals surface area contributed by atoms with Crippen molar-refractivity contribution in [2.24, 2.45) is 0 Å². The van der Waals surface area contributed by atoms with Gasteiger partial charge in [0.25, 0.3) is 0 Å². The number of hydrogen-bond donors (Lipinski definition) is 1. The molecule has 1 aromatic rings. The number of nitrogens with one attached hydrogen (secondary N) is 1. The van der Waals surface area contributed by atoms with E-state index < -0.39 is 0 Å². The summed E-state index contributed by atoms with van der Waals surface area (Å²) < 4.78 is 5.64. The molecule has 2 heterocycles. The SMILES string of the molecule is Cc1csc(COCCC2CCCCN2)n1. The first-order valence-corrected chi connectivity index (χ1v) is 6.94. The highest BCUT2D eigenvalue weighted by Crippen LogP contribution is 2.12. The number of ether oxygens (including phenoxy) is 1. The maximum Gasteiger partial charge on any atom is 0.119 e. The highest BCUT2D eigenvalue weighted by Gasteiger charge is 2.11. The summed E-state index contributed by atoms with van der Waals surface area (Å²) in [7, 11) is 0. The molecule has 0 amide bonds. The molecular weight excluding hydrogens is 220 g/mol. The van der Waals surface area contributed by atoms with E-state index in [-0.39, 0.29) is 0 Å². The summed E-state index contributed by atoms with van der Waals surface area (Å²) in [5, 5.41) is 6.69. The Morgan fingerprint density at radius 3 is 3.19 bits per heavy atom. The van der Waals surface area contributed by atoms with Gasteiger partial charge in [-0.3, -0.25) is 0 Å². The maximum atomic E-state index is 5.64. The molecule has 4 heteroatoms. The second-order valence-electron chi connectivity index (χ2n) is 4.37. The van der Waals surface area contributed by atoms with Crippen LogP contribution in [0.1, 0.15) is 36.4 Å². The third kappa shape index (κ3) is 3.85. The van der Waals surface area contributed by atoms with E-state index in [1.54, 1.807) is 11.3 Å². The standard InChI is InChI=1S/C12H20N2OS/c1-10-9-16-12(14-10)8-15-7-5-11-4-2-3-6-13-11/h9,11,13H,2-8H2,1H3. The van der Waals surface area contributed by atoms with Crippen LogP contribution in [0.3, 0.4) is 0 Å². The first kappa shape index (κ1) is 12.0. The van der Waals surface area contributed by atoms with Crippen LogP contribution in [-0.2, 0) is 11.3 Å². The van der Waals surface area contributed by atoms with Crippen molar-refractivity contribution in [1.29, 1.82) is 0 Å². The van der Waals surface area contributed by atoms with Gasteiger partial charge in [0.1, 0.15) is 5.01 Å². The zero-order valence-electron chi connectivity index (χ0n) is 9.87. The molecule has 0 aromatic carbocycles. The molecule has 1 unspecified atom stereocenters. The molecule has 1 aliphatic rings. The second-order valence-corrected chi connectivity index (χ2v) is 5.31. The number of thiazole rings is 1. The van der Waals surface area contributed by atoms with E-state index in [4.69, 9.17) is 4.74 Å². The van der Waals surface area contributed by atoms with Gasteiger partial charge in [-0.1, -0.05) is 6.42 Å². The smallest absolute Gasteiger partial charge is 0.119 e. The van der Waals surface area contributed by atoms with Gasteiger partial charge in [-0.2, -0.15) is 0 Å². The summed E-state index contributed by atoms with van der Waals surface area (Å²) in [6, 6.07) is 0.673. The van der Waals surface area contributed by atoms with Crippen molar-refractivity contribution in [3.8, 4) is 0 Å². The fraction of sp³-hybridized carbons (Fsp3) is 0.750. The van der Waals surface area contributed by atoms with Gasteiger partial charge in [-0.25, -0.2) is 4.98 Å². The van der Waals surface area contributed by atoms with Crippen molar-refractivity contribution >= 4 is 11.3 Å². The summed E-state index contributed by atoms with van der Waals surface area (Å²) >= 11 is 1.68. The molecule has 1 aromatic heterocycles. The molecule has 1 fully saturated rings. The maximum absolute atomic E-state index is 5.64. The van der Waals surface area contributed by atoms with E-state index in [9.17, 15) is 0 Å². The number of nitrogens with zero attached hydrogens (tertiary/aromatic N) is 1. The monoisotopic (exact) mass is 240 g/mol. The van der Waals surface area contributed by atoms with E-state index in [2.05, 4.69) is 15.7 Å². The van der Waals surface area contributed by atoms with Crippen molar-refractivity contribution in [2.45, 2.75) is 45.3 Å². The van der Waals surface area contributed by atoms with Gasteiger partial charge in [0.2, 0.25) is 0 Å². The Morgan fingerprint density at radius 1 is 1.56 bits per heavy atom. The molecule has 0 aliphatic carbocycles. The van der Waals surface area contributed by atoms with E-state index in [0.29, 0.717) is 12.6 Å². The molecule has 1 N–H and O–H groups in total. The number of aryl methyl sites for hydroxylation is 1. The average molecular weight is 240 g/mol. The van der Waals surface area contributed by atoms with E-state index in [0.717, 1.165) is 23.7 Å². The molecule has 2 rings (SSSR count). The van der Waals surface area contributed by atoms with Crippen LogP contribution in [-0.4, -0.2) is 24.2 Å². The van der Waals surface area contributed by atoms with Crippen LogP contribution < -0.4 is 5.32 Å². The Hall–Kier alpha value is -0.450. The normalized spacial score (nSPS) is 21.2. The zero-order valence-corrected chi connectivity index (χ0v) is 10.7. The first-order valence-electron chi connectivity index (χ1n) is 6.07. The van der Waals surface area contributed by atoms with Crippen LogP contribution in [0.15, 0.2) is 5.38 Å². The summed E-state index contributed by atoms with van der Waals surface area (Å²) in [6.45, 7) is 4.71. The molecule has 90 valence electrons. The molecular formula is C12H20N2OS. The lowest BCUT2D eigenvalue weighted by Crippen LogP contribution is -2.34. The highest BCUT2D eigenvalue weighted by atomic mass is 32.1. The van der Waals surface area contributed by atoms with Gasteiger partial charge in [0, 0.05) is 23.7 Å². The molecule has 0 radical (unpaired) electrons. The number of aromatic nitrogens is 1. The molecule has 1 atom stereocenters. The lowest BCUT2D eigenvalue weighted by Gasteiger charge is -2.23. The molecule has 0 saturated carbocycles. The Labute approximate surface area is 101 Å². The second kappa shape index (κ2) is 6.33.